The number of ether oxygens (including phenoxy) is 1. The van der Waals surface area contributed by atoms with Gasteiger partial charge in [-0.3, -0.25) is 9.69 Å². The molecule has 138 valence electrons. The Balaban J connectivity index is 1.75. The fraction of sp³-hybridized carbons (Fsp3) is 0.273. The molecule has 5 heteroatoms. The van der Waals surface area contributed by atoms with Crippen molar-refractivity contribution in [2.45, 2.75) is 33.4 Å². The van der Waals surface area contributed by atoms with E-state index in [0.717, 1.165) is 53.5 Å². The fourth-order valence-corrected chi connectivity index (χ4v) is 3.64. The molecule has 4 rings (SSSR count). The molecular formula is C22H23N3O2. The zero-order chi connectivity index (χ0) is 18.8. The predicted molar refractivity (Wildman–Crippen MR) is 106 cm³/mol. The molecule has 1 aromatic heterocycles. The summed E-state index contributed by atoms with van der Waals surface area (Å²) < 4.78 is 8.10. The molecule has 0 bridgehead atoms. The fourth-order valence-electron chi connectivity index (χ4n) is 3.64. The Hall–Kier alpha value is -3.08. The van der Waals surface area contributed by atoms with Gasteiger partial charge in [0.2, 0.25) is 5.91 Å². The highest BCUT2D eigenvalue weighted by atomic mass is 16.5. The summed E-state index contributed by atoms with van der Waals surface area (Å²) in [6.07, 6.45) is 0.916. The monoisotopic (exact) mass is 361 g/mol. The van der Waals surface area contributed by atoms with Crippen molar-refractivity contribution in [1.29, 1.82) is 0 Å². The van der Waals surface area contributed by atoms with Crippen molar-refractivity contribution in [2.75, 3.05) is 11.4 Å². The lowest BCUT2D eigenvalue weighted by atomic mass is 10.0. The van der Waals surface area contributed by atoms with Gasteiger partial charge in [0.15, 0.2) is 0 Å². The van der Waals surface area contributed by atoms with Crippen molar-refractivity contribution in [3.05, 3.63) is 65.9 Å². The lowest BCUT2D eigenvalue weighted by molar-refractivity contribution is -0.116. The van der Waals surface area contributed by atoms with Crippen molar-refractivity contribution in [3.8, 4) is 16.9 Å². The number of aryl methyl sites for hydroxylation is 2. The van der Waals surface area contributed by atoms with Gasteiger partial charge in [-0.25, -0.2) is 4.68 Å². The number of carbonyl (C=O) groups excluding carboxylic acids is 1. The van der Waals surface area contributed by atoms with Crippen LogP contribution in [0.3, 0.4) is 0 Å². The van der Waals surface area contributed by atoms with E-state index in [2.05, 4.69) is 5.10 Å². The van der Waals surface area contributed by atoms with Gasteiger partial charge in [0.05, 0.1) is 11.3 Å². The first-order valence-electron chi connectivity index (χ1n) is 9.27. The van der Waals surface area contributed by atoms with E-state index in [1.807, 2.05) is 71.1 Å². The minimum absolute atomic E-state index is 0.0415. The van der Waals surface area contributed by atoms with Gasteiger partial charge >= 0.3 is 0 Å². The van der Waals surface area contributed by atoms with E-state index in [4.69, 9.17) is 4.74 Å². The maximum absolute atomic E-state index is 12.2. The van der Waals surface area contributed by atoms with Crippen LogP contribution in [-0.4, -0.2) is 22.2 Å². The number of fused-ring (bicyclic) bond motifs is 1. The van der Waals surface area contributed by atoms with Crippen molar-refractivity contribution in [1.82, 2.24) is 9.78 Å². The second kappa shape index (κ2) is 7.27. The van der Waals surface area contributed by atoms with Crippen molar-refractivity contribution >= 4 is 11.7 Å². The number of rotatable bonds is 4. The largest absolute Gasteiger partial charge is 0.488 e. The molecule has 0 saturated carbocycles. The van der Waals surface area contributed by atoms with Gasteiger partial charge in [-0.2, -0.15) is 5.10 Å². The van der Waals surface area contributed by atoms with Gasteiger partial charge in [0.25, 0.3) is 0 Å². The van der Waals surface area contributed by atoms with Gasteiger partial charge in [0.1, 0.15) is 18.2 Å². The van der Waals surface area contributed by atoms with E-state index in [-0.39, 0.29) is 5.91 Å². The molecule has 0 aliphatic carbocycles. The Kier molecular flexibility index (Phi) is 4.67. The van der Waals surface area contributed by atoms with Gasteiger partial charge in [0, 0.05) is 25.6 Å². The number of hydrogen-bond acceptors (Lipinski definition) is 3. The molecule has 0 atom stereocenters. The van der Waals surface area contributed by atoms with Gasteiger partial charge in [-0.1, -0.05) is 48.5 Å². The topological polar surface area (TPSA) is 47.4 Å². The number of amides is 1. The lowest BCUT2D eigenvalue weighted by Gasteiger charge is -2.28. The van der Waals surface area contributed by atoms with E-state index in [1.54, 1.807) is 6.92 Å². The second-order valence-corrected chi connectivity index (χ2v) is 6.80. The Labute approximate surface area is 159 Å². The molecule has 2 heterocycles. The summed E-state index contributed by atoms with van der Waals surface area (Å²) >= 11 is 0. The lowest BCUT2D eigenvalue weighted by Crippen LogP contribution is -2.36. The third-order valence-electron chi connectivity index (χ3n) is 4.88. The summed E-state index contributed by atoms with van der Waals surface area (Å²) in [6, 6.07) is 18.1. The Bertz CT molecular complexity index is 963. The summed E-state index contributed by atoms with van der Waals surface area (Å²) in [7, 11) is 0. The first kappa shape index (κ1) is 17.3. The maximum atomic E-state index is 12.2. The van der Waals surface area contributed by atoms with Gasteiger partial charge in [-0.15, -0.1) is 0 Å². The molecule has 1 aliphatic rings. The number of benzene rings is 2. The second-order valence-electron chi connectivity index (χ2n) is 6.80. The highest BCUT2D eigenvalue weighted by molar-refractivity contribution is 5.96. The molecular weight excluding hydrogens is 338 g/mol. The number of aromatic nitrogens is 2. The van der Waals surface area contributed by atoms with E-state index < -0.39 is 0 Å². The van der Waals surface area contributed by atoms with Crippen LogP contribution in [0.2, 0.25) is 0 Å². The van der Waals surface area contributed by atoms with Crippen LogP contribution in [0, 0.1) is 6.92 Å². The summed E-state index contributed by atoms with van der Waals surface area (Å²) in [5.41, 5.74) is 3.98. The summed E-state index contributed by atoms with van der Waals surface area (Å²) in [6.45, 7) is 5.65. The Morgan fingerprint density at radius 3 is 2.59 bits per heavy atom. The maximum Gasteiger partial charge on any atom is 0.225 e. The van der Waals surface area contributed by atoms with Crippen LogP contribution in [0.5, 0.6) is 5.75 Å². The zero-order valence-electron chi connectivity index (χ0n) is 15.7. The van der Waals surface area contributed by atoms with E-state index in [9.17, 15) is 4.79 Å². The van der Waals surface area contributed by atoms with Gasteiger partial charge in [-0.05, 0) is 25.0 Å². The number of hydrogen-bond donors (Lipinski definition) is 0. The molecule has 3 aromatic rings. The summed E-state index contributed by atoms with van der Waals surface area (Å²) in [5.74, 6) is 1.72. The quantitative estimate of drug-likeness (QED) is 0.700. The molecule has 0 spiro atoms. The smallest absolute Gasteiger partial charge is 0.225 e. The standard InChI is InChI=1S/C22H23N3O2/c1-16-21(22-24(17(2)26)13-8-14-25(22)23-16)19-11-6-7-12-20(19)27-15-18-9-4-3-5-10-18/h3-7,9-12H,8,13-15H2,1-2H3. The van der Waals surface area contributed by atoms with E-state index in [1.165, 1.54) is 0 Å². The minimum Gasteiger partial charge on any atom is -0.488 e. The number of nitrogens with zero attached hydrogens (tertiary/aromatic N) is 3. The first-order valence-corrected chi connectivity index (χ1v) is 9.27. The van der Waals surface area contributed by atoms with E-state index >= 15 is 0 Å². The van der Waals surface area contributed by atoms with Crippen molar-refractivity contribution < 1.29 is 9.53 Å². The average Bonchev–Trinajstić information content (AvgIpc) is 3.03. The number of para-hydroxylation sites is 1. The third-order valence-corrected chi connectivity index (χ3v) is 4.88. The van der Waals surface area contributed by atoms with Crippen LogP contribution in [0.15, 0.2) is 54.6 Å². The normalized spacial score (nSPS) is 13.3. The van der Waals surface area contributed by atoms with Crippen LogP contribution in [0.25, 0.3) is 11.1 Å². The van der Waals surface area contributed by atoms with Crippen LogP contribution in [-0.2, 0) is 17.9 Å². The molecule has 0 radical (unpaired) electrons. The first-order chi connectivity index (χ1) is 13.1. The molecule has 0 saturated heterocycles. The van der Waals surface area contributed by atoms with Crippen molar-refractivity contribution in [3.63, 3.8) is 0 Å². The minimum atomic E-state index is 0.0415. The Morgan fingerprint density at radius 2 is 1.81 bits per heavy atom. The van der Waals surface area contributed by atoms with Crippen LogP contribution >= 0.6 is 0 Å². The molecule has 1 amide bonds. The van der Waals surface area contributed by atoms with Crippen molar-refractivity contribution in [2.24, 2.45) is 0 Å². The molecule has 0 fully saturated rings. The summed E-state index contributed by atoms with van der Waals surface area (Å²) in [5, 5.41) is 4.69. The van der Waals surface area contributed by atoms with Crippen LogP contribution in [0.1, 0.15) is 24.6 Å². The van der Waals surface area contributed by atoms with Crippen LogP contribution < -0.4 is 9.64 Å². The third kappa shape index (κ3) is 3.33. The SMILES string of the molecule is CC(=O)N1CCCn2nc(C)c(-c3ccccc3OCc3ccccc3)c21. The Morgan fingerprint density at radius 1 is 1.07 bits per heavy atom. The number of carbonyl (C=O) groups is 1. The molecule has 27 heavy (non-hydrogen) atoms. The molecule has 1 aliphatic heterocycles. The number of anilines is 1. The molecule has 0 unspecified atom stereocenters. The average molecular weight is 361 g/mol. The molecule has 2 aromatic carbocycles. The molecule has 5 nitrogen and oxygen atoms in total. The van der Waals surface area contributed by atoms with Crippen LogP contribution in [0.4, 0.5) is 5.82 Å². The van der Waals surface area contributed by atoms with E-state index in [0.29, 0.717) is 6.61 Å². The van der Waals surface area contributed by atoms with Gasteiger partial charge < -0.3 is 4.74 Å². The highest BCUT2D eigenvalue weighted by Gasteiger charge is 2.28. The molecule has 0 N–H and O–H groups in total. The predicted octanol–water partition coefficient (Wildman–Crippen LogP) is 4.19. The summed E-state index contributed by atoms with van der Waals surface area (Å²) in [4.78, 5) is 14.0. The highest BCUT2D eigenvalue weighted by Crippen LogP contribution is 2.40. The zero-order valence-corrected chi connectivity index (χ0v) is 15.7.